The first kappa shape index (κ1) is 15.6. The van der Waals surface area contributed by atoms with E-state index in [-0.39, 0.29) is 0 Å². The number of rotatable bonds is 7. The van der Waals surface area contributed by atoms with Crippen LogP contribution < -0.4 is 10.1 Å². The Balaban J connectivity index is 1.95. The topological polar surface area (TPSA) is 39.1 Å². The van der Waals surface area contributed by atoms with E-state index in [1.54, 1.807) is 0 Å². The van der Waals surface area contributed by atoms with Crippen LogP contribution in [-0.2, 0) is 20.1 Å². The van der Waals surface area contributed by atoms with Gasteiger partial charge in [0, 0.05) is 13.1 Å². The molecule has 21 heavy (non-hydrogen) atoms. The smallest absolute Gasteiger partial charge is 0.130 e. The summed E-state index contributed by atoms with van der Waals surface area (Å²) in [5.41, 5.74) is 3.47. The van der Waals surface area contributed by atoms with Gasteiger partial charge in [-0.1, -0.05) is 26.0 Å². The van der Waals surface area contributed by atoms with Crippen LogP contribution in [0.25, 0.3) is 0 Å². The molecule has 1 heterocycles. The highest BCUT2D eigenvalue weighted by molar-refractivity contribution is 5.29. The summed E-state index contributed by atoms with van der Waals surface area (Å²) in [6, 6.07) is 10.8. The van der Waals surface area contributed by atoms with Gasteiger partial charge in [-0.15, -0.1) is 0 Å². The highest BCUT2D eigenvalue weighted by Crippen LogP contribution is 2.18. The summed E-state index contributed by atoms with van der Waals surface area (Å²) in [4.78, 5) is 0. The Labute approximate surface area is 127 Å². The van der Waals surface area contributed by atoms with Gasteiger partial charge in [0.05, 0.1) is 11.4 Å². The lowest BCUT2D eigenvalue weighted by Gasteiger charge is -2.13. The van der Waals surface area contributed by atoms with Crippen LogP contribution in [0.2, 0.25) is 0 Å². The van der Waals surface area contributed by atoms with Crippen molar-refractivity contribution in [2.45, 2.75) is 39.8 Å². The Bertz CT molecular complexity index is 560. The summed E-state index contributed by atoms with van der Waals surface area (Å²) in [5.74, 6) is 0.890. The van der Waals surface area contributed by atoms with Gasteiger partial charge in [0.25, 0.3) is 0 Å². The summed E-state index contributed by atoms with van der Waals surface area (Å²) in [6.45, 7) is 7.91. The average molecular weight is 287 g/mol. The van der Waals surface area contributed by atoms with Crippen molar-refractivity contribution in [1.82, 2.24) is 15.1 Å². The fourth-order valence-corrected chi connectivity index (χ4v) is 2.31. The lowest BCUT2D eigenvalue weighted by atomic mass is 10.1. The molecule has 0 radical (unpaired) electrons. The van der Waals surface area contributed by atoms with Crippen LogP contribution in [0.15, 0.2) is 30.3 Å². The van der Waals surface area contributed by atoms with Crippen molar-refractivity contribution >= 4 is 0 Å². The van der Waals surface area contributed by atoms with Crippen LogP contribution >= 0.6 is 0 Å². The van der Waals surface area contributed by atoms with Gasteiger partial charge in [0.2, 0.25) is 0 Å². The van der Waals surface area contributed by atoms with Crippen LogP contribution in [0.5, 0.6) is 5.75 Å². The van der Waals surface area contributed by atoms with Crippen LogP contribution in [-0.4, -0.2) is 16.3 Å². The van der Waals surface area contributed by atoms with E-state index in [1.165, 1.54) is 5.56 Å². The maximum Gasteiger partial charge on any atom is 0.130 e. The van der Waals surface area contributed by atoms with Gasteiger partial charge in [-0.25, -0.2) is 0 Å². The molecule has 2 rings (SSSR count). The van der Waals surface area contributed by atoms with Crippen molar-refractivity contribution < 1.29 is 4.74 Å². The lowest BCUT2D eigenvalue weighted by molar-refractivity contribution is 0.294. The molecule has 1 unspecified atom stereocenters. The maximum absolute atomic E-state index is 5.84. The molecule has 114 valence electrons. The molecule has 1 aromatic heterocycles. The molecule has 1 aromatic carbocycles. The molecule has 0 amide bonds. The van der Waals surface area contributed by atoms with Crippen LogP contribution in [0.4, 0.5) is 0 Å². The first-order chi connectivity index (χ1) is 10.1. The number of hydrogen-bond donors (Lipinski definition) is 1. The first-order valence-electron chi connectivity index (χ1n) is 7.62. The Hall–Kier alpha value is -1.81. The second-order valence-corrected chi connectivity index (χ2v) is 5.24. The molecule has 1 N–H and O–H groups in total. The Kier molecular flexibility index (Phi) is 5.39. The molecule has 0 aliphatic rings. The molecule has 1 atom stereocenters. The standard InChI is InChI=1S/C17H25N3O/c1-5-15-11-16(20(4)19-15)12-21-17-9-7-14(8-10-17)13(3)18-6-2/h7-11,13,18H,5-6,12H2,1-4H3. The summed E-state index contributed by atoms with van der Waals surface area (Å²) in [7, 11) is 1.96. The summed E-state index contributed by atoms with van der Waals surface area (Å²) in [6.07, 6.45) is 0.949. The first-order valence-corrected chi connectivity index (χ1v) is 7.62. The fourth-order valence-electron chi connectivity index (χ4n) is 2.31. The van der Waals surface area contributed by atoms with E-state index >= 15 is 0 Å². The van der Waals surface area contributed by atoms with Crippen molar-refractivity contribution in [2.75, 3.05) is 6.54 Å². The monoisotopic (exact) mass is 287 g/mol. The van der Waals surface area contributed by atoms with E-state index < -0.39 is 0 Å². The number of hydrogen-bond acceptors (Lipinski definition) is 3. The van der Waals surface area contributed by atoms with Gasteiger partial charge < -0.3 is 10.1 Å². The van der Waals surface area contributed by atoms with E-state index in [0.29, 0.717) is 12.6 Å². The molecule has 0 bridgehead atoms. The number of benzene rings is 1. The van der Waals surface area contributed by atoms with E-state index in [1.807, 2.05) is 23.9 Å². The highest BCUT2D eigenvalue weighted by atomic mass is 16.5. The minimum absolute atomic E-state index is 0.369. The fraction of sp³-hybridized carbons (Fsp3) is 0.471. The zero-order valence-electron chi connectivity index (χ0n) is 13.4. The van der Waals surface area contributed by atoms with E-state index in [0.717, 1.165) is 30.1 Å². The molecule has 4 nitrogen and oxygen atoms in total. The van der Waals surface area contributed by atoms with E-state index in [2.05, 4.69) is 49.4 Å². The van der Waals surface area contributed by atoms with E-state index in [9.17, 15) is 0 Å². The third-order valence-corrected chi connectivity index (χ3v) is 3.67. The van der Waals surface area contributed by atoms with Crippen LogP contribution in [0, 0.1) is 0 Å². The van der Waals surface area contributed by atoms with Gasteiger partial charge in [-0.05, 0) is 43.7 Å². The van der Waals surface area contributed by atoms with Crippen molar-refractivity contribution in [3.05, 3.63) is 47.3 Å². The van der Waals surface area contributed by atoms with Crippen LogP contribution in [0.3, 0.4) is 0 Å². The zero-order valence-corrected chi connectivity index (χ0v) is 13.4. The largest absolute Gasteiger partial charge is 0.487 e. The molecule has 0 aliphatic heterocycles. The third-order valence-electron chi connectivity index (χ3n) is 3.67. The quantitative estimate of drug-likeness (QED) is 0.849. The number of ether oxygens (including phenoxy) is 1. The predicted octanol–water partition coefficient (Wildman–Crippen LogP) is 3.23. The average Bonchev–Trinajstić information content (AvgIpc) is 2.86. The molecule has 0 saturated heterocycles. The molecule has 4 heteroatoms. The normalized spacial score (nSPS) is 12.4. The second kappa shape index (κ2) is 7.27. The van der Waals surface area contributed by atoms with Crippen molar-refractivity contribution in [3.63, 3.8) is 0 Å². The Morgan fingerprint density at radius 2 is 1.95 bits per heavy atom. The van der Waals surface area contributed by atoms with Gasteiger partial charge in [0.15, 0.2) is 0 Å². The second-order valence-electron chi connectivity index (χ2n) is 5.24. The zero-order chi connectivity index (χ0) is 15.2. The molecule has 0 saturated carbocycles. The molecular formula is C17H25N3O. The van der Waals surface area contributed by atoms with E-state index in [4.69, 9.17) is 4.74 Å². The summed E-state index contributed by atoms with van der Waals surface area (Å²) < 4.78 is 7.73. The highest BCUT2D eigenvalue weighted by Gasteiger charge is 2.06. The number of aryl methyl sites for hydroxylation is 2. The molecule has 0 fully saturated rings. The van der Waals surface area contributed by atoms with Crippen molar-refractivity contribution in [2.24, 2.45) is 7.05 Å². The van der Waals surface area contributed by atoms with Crippen molar-refractivity contribution in [3.8, 4) is 5.75 Å². The molecule has 2 aromatic rings. The van der Waals surface area contributed by atoms with Crippen LogP contribution in [0.1, 0.15) is 43.8 Å². The number of nitrogens with zero attached hydrogens (tertiary/aromatic N) is 2. The minimum atomic E-state index is 0.369. The molecule has 0 aliphatic carbocycles. The maximum atomic E-state index is 5.84. The summed E-state index contributed by atoms with van der Waals surface area (Å²) >= 11 is 0. The van der Waals surface area contributed by atoms with Gasteiger partial charge in [-0.3, -0.25) is 4.68 Å². The lowest BCUT2D eigenvalue weighted by Crippen LogP contribution is -2.17. The van der Waals surface area contributed by atoms with Crippen molar-refractivity contribution in [1.29, 1.82) is 0 Å². The summed E-state index contributed by atoms with van der Waals surface area (Å²) in [5, 5.41) is 7.83. The SMILES string of the molecule is CCNC(C)c1ccc(OCc2cc(CC)nn2C)cc1. The third kappa shape index (κ3) is 4.08. The Morgan fingerprint density at radius 3 is 2.52 bits per heavy atom. The molecular weight excluding hydrogens is 262 g/mol. The minimum Gasteiger partial charge on any atom is -0.487 e. The van der Waals surface area contributed by atoms with Gasteiger partial charge in [-0.2, -0.15) is 5.10 Å². The van der Waals surface area contributed by atoms with Gasteiger partial charge in [0.1, 0.15) is 12.4 Å². The molecule has 0 spiro atoms. The predicted molar refractivity (Wildman–Crippen MR) is 85.5 cm³/mol. The van der Waals surface area contributed by atoms with Gasteiger partial charge >= 0.3 is 0 Å². The number of aromatic nitrogens is 2. The Morgan fingerprint density at radius 1 is 1.24 bits per heavy atom. The number of nitrogens with one attached hydrogen (secondary N) is 1.